The van der Waals surface area contributed by atoms with Crippen molar-refractivity contribution < 1.29 is 14.7 Å². The third kappa shape index (κ3) is 2.44. The highest BCUT2D eigenvalue weighted by Gasteiger charge is 2.38. The van der Waals surface area contributed by atoms with Gasteiger partial charge in [-0.25, -0.2) is 0 Å². The lowest BCUT2D eigenvalue weighted by atomic mass is 10.1. The van der Waals surface area contributed by atoms with Crippen LogP contribution in [0.1, 0.15) is 40.5 Å². The number of amides is 2. The van der Waals surface area contributed by atoms with Crippen LogP contribution in [0.3, 0.4) is 0 Å². The van der Waals surface area contributed by atoms with E-state index >= 15 is 0 Å². The SMILES string of the molecule is CCCC(/C=C\CO)N1C(=O)c2ccccc2C1=O. The van der Waals surface area contributed by atoms with E-state index in [0.29, 0.717) is 17.5 Å². The van der Waals surface area contributed by atoms with E-state index in [0.717, 1.165) is 6.42 Å². The maximum absolute atomic E-state index is 12.3. The number of nitrogens with zero attached hydrogens (tertiary/aromatic N) is 1. The summed E-state index contributed by atoms with van der Waals surface area (Å²) in [5.41, 5.74) is 0.928. The van der Waals surface area contributed by atoms with Gasteiger partial charge < -0.3 is 5.11 Å². The topological polar surface area (TPSA) is 57.6 Å². The molecular formula is C15H17NO3. The van der Waals surface area contributed by atoms with Gasteiger partial charge in [0.25, 0.3) is 11.8 Å². The average Bonchev–Trinajstić information content (AvgIpc) is 2.68. The molecule has 1 aliphatic rings. The van der Waals surface area contributed by atoms with E-state index < -0.39 is 0 Å². The van der Waals surface area contributed by atoms with Crippen molar-refractivity contribution in [1.82, 2.24) is 4.90 Å². The summed E-state index contributed by atoms with van der Waals surface area (Å²) in [6, 6.07) is 6.57. The molecule has 0 fully saturated rings. The zero-order valence-corrected chi connectivity index (χ0v) is 10.9. The Kier molecular flexibility index (Phi) is 4.12. The number of fused-ring (bicyclic) bond motifs is 1. The third-order valence-corrected chi connectivity index (χ3v) is 3.21. The van der Waals surface area contributed by atoms with Crippen LogP contribution in [0.4, 0.5) is 0 Å². The summed E-state index contributed by atoms with van der Waals surface area (Å²) < 4.78 is 0. The number of hydrogen-bond donors (Lipinski definition) is 1. The molecule has 1 aliphatic heterocycles. The van der Waals surface area contributed by atoms with E-state index in [9.17, 15) is 9.59 Å². The molecule has 1 aromatic carbocycles. The highest BCUT2D eigenvalue weighted by molar-refractivity contribution is 6.21. The van der Waals surface area contributed by atoms with Crippen molar-refractivity contribution in [2.75, 3.05) is 6.61 Å². The van der Waals surface area contributed by atoms with E-state index in [1.807, 2.05) is 6.92 Å². The van der Waals surface area contributed by atoms with Gasteiger partial charge in [-0.1, -0.05) is 37.6 Å². The molecule has 19 heavy (non-hydrogen) atoms. The molecule has 1 N–H and O–H groups in total. The molecule has 0 saturated heterocycles. The molecular weight excluding hydrogens is 242 g/mol. The van der Waals surface area contributed by atoms with Crippen LogP contribution in [-0.2, 0) is 0 Å². The van der Waals surface area contributed by atoms with Crippen molar-refractivity contribution in [2.24, 2.45) is 0 Å². The number of imide groups is 1. The molecule has 4 nitrogen and oxygen atoms in total. The summed E-state index contributed by atoms with van der Waals surface area (Å²) in [5, 5.41) is 8.86. The lowest BCUT2D eigenvalue weighted by molar-refractivity contribution is 0.0608. The zero-order valence-electron chi connectivity index (χ0n) is 10.9. The van der Waals surface area contributed by atoms with Crippen LogP contribution in [0.25, 0.3) is 0 Å². The predicted molar refractivity (Wildman–Crippen MR) is 71.9 cm³/mol. The van der Waals surface area contributed by atoms with Gasteiger partial charge in [-0.15, -0.1) is 0 Å². The molecule has 0 saturated carbocycles. The number of benzene rings is 1. The Bertz CT molecular complexity index is 487. The first-order valence-electron chi connectivity index (χ1n) is 6.45. The van der Waals surface area contributed by atoms with Crippen molar-refractivity contribution in [1.29, 1.82) is 0 Å². The van der Waals surface area contributed by atoms with Crippen molar-refractivity contribution in [2.45, 2.75) is 25.8 Å². The van der Waals surface area contributed by atoms with Crippen LogP contribution in [0.15, 0.2) is 36.4 Å². The smallest absolute Gasteiger partial charge is 0.262 e. The van der Waals surface area contributed by atoms with Gasteiger partial charge in [0.1, 0.15) is 0 Å². The summed E-state index contributed by atoms with van der Waals surface area (Å²) >= 11 is 0. The van der Waals surface area contributed by atoms with Gasteiger partial charge in [0, 0.05) is 0 Å². The van der Waals surface area contributed by atoms with Crippen LogP contribution >= 0.6 is 0 Å². The van der Waals surface area contributed by atoms with Crippen LogP contribution in [0.5, 0.6) is 0 Å². The Balaban J connectivity index is 2.33. The lowest BCUT2D eigenvalue weighted by Gasteiger charge is -2.23. The van der Waals surface area contributed by atoms with Gasteiger partial charge in [-0.2, -0.15) is 0 Å². The number of rotatable bonds is 5. The molecule has 1 heterocycles. The number of aliphatic hydroxyl groups is 1. The molecule has 1 unspecified atom stereocenters. The molecule has 0 spiro atoms. The van der Waals surface area contributed by atoms with Crippen molar-refractivity contribution >= 4 is 11.8 Å². The largest absolute Gasteiger partial charge is 0.392 e. The van der Waals surface area contributed by atoms with E-state index in [1.54, 1.807) is 36.4 Å². The number of carbonyl (C=O) groups excluding carboxylic acids is 2. The molecule has 100 valence electrons. The molecule has 0 radical (unpaired) electrons. The first-order chi connectivity index (χ1) is 9.20. The van der Waals surface area contributed by atoms with Crippen molar-refractivity contribution in [3.05, 3.63) is 47.5 Å². The van der Waals surface area contributed by atoms with Crippen LogP contribution < -0.4 is 0 Å². The minimum absolute atomic E-state index is 0.0939. The Morgan fingerprint density at radius 2 is 1.79 bits per heavy atom. The summed E-state index contributed by atoms with van der Waals surface area (Å²) in [7, 11) is 0. The minimum atomic E-state index is -0.287. The predicted octanol–water partition coefficient (Wildman–Crippen LogP) is 2.00. The summed E-state index contributed by atoms with van der Waals surface area (Å²) in [5.74, 6) is -0.497. The second-order valence-corrected chi connectivity index (χ2v) is 4.49. The highest BCUT2D eigenvalue weighted by Crippen LogP contribution is 2.26. The fourth-order valence-corrected chi connectivity index (χ4v) is 2.33. The molecule has 1 aromatic rings. The fraction of sp³-hybridized carbons (Fsp3) is 0.333. The van der Waals surface area contributed by atoms with Crippen molar-refractivity contribution in [3.63, 3.8) is 0 Å². The van der Waals surface area contributed by atoms with Crippen LogP contribution in [0, 0.1) is 0 Å². The van der Waals surface area contributed by atoms with Gasteiger partial charge in [-0.3, -0.25) is 14.5 Å². The maximum Gasteiger partial charge on any atom is 0.262 e. The third-order valence-electron chi connectivity index (χ3n) is 3.21. The van der Waals surface area contributed by atoms with Crippen molar-refractivity contribution in [3.8, 4) is 0 Å². The summed E-state index contributed by atoms with van der Waals surface area (Å²) in [6.07, 6.45) is 4.85. The van der Waals surface area contributed by atoms with Gasteiger partial charge in [0.2, 0.25) is 0 Å². The van der Waals surface area contributed by atoms with E-state index in [1.165, 1.54) is 4.90 Å². The molecule has 0 bridgehead atoms. The van der Waals surface area contributed by atoms with Crippen LogP contribution in [-0.4, -0.2) is 34.5 Å². The fourth-order valence-electron chi connectivity index (χ4n) is 2.33. The zero-order chi connectivity index (χ0) is 13.8. The first-order valence-corrected chi connectivity index (χ1v) is 6.45. The minimum Gasteiger partial charge on any atom is -0.392 e. The Labute approximate surface area is 112 Å². The molecule has 0 aliphatic carbocycles. The van der Waals surface area contributed by atoms with Gasteiger partial charge >= 0.3 is 0 Å². The Hall–Kier alpha value is -1.94. The van der Waals surface area contributed by atoms with Crippen LogP contribution in [0.2, 0.25) is 0 Å². The second kappa shape index (κ2) is 5.80. The second-order valence-electron chi connectivity index (χ2n) is 4.49. The molecule has 1 atom stereocenters. The molecule has 2 rings (SSSR count). The Morgan fingerprint density at radius 1 is 1.21 bits per heavy atom. The number of aliphatic hydroxyl groups excluding tert-OH is 1. The first kappa shape index (κ1) is 13.5. The average molecular weight is 259 g/mol. The summed E-state index contributed by atoms with van der Waals surface area (Å²) in [4.78, 5) is 25.9. The van der Waals surface area contributed by atoms with E-state index in [2.05, 4.69) is 0 Å². The summed E-state index contributed by atoms with van der Waals surface area (Å²) in [6.45, 7) is 1.90. The standard InChI is InChI=1S/C15H17NO3/c1-2-6-11(7-5-10-17)16-14(18)12-8-3-4-9-13(12)15(16)19/h3-5,7-9,11,17H,2,6,10H2,1H3/b7-5-. The Morgan fingerprint density at radius 3 is 2.26 bits per heavy atom. The molecule has 0 aromatic heterocycles. The van der Waals surface area contributed by atoms with E-state index in [4.69, 9.17) is 5.11 Å². The normalized spacial score (nSPS) is 16.2. The number of hydrogen-bond acceptors (Lipinski definition) is 3. The highest BCUT2D eigenvalue weighted by atomic mass is 16.2. The van der Waals surface area contributed by atoms with E-state index in [-0.39, 0.29) is 24.5 Å². The van der Waals surface area contributed by atoms with Gasteiger partial charge in [0.15, 0.2) is 0 Å². The molecule has 2 amide bonds. The number of carbonyl (C=O) groups is 2. The lowest BCUT2D eigenvalue weighted by Crippen LogP contribution is -2.38. The van der Waals surface area contributed by atoms with Gasteiger partial charge in [0.05, 0.1) is 23.8 Å². The quantitative estimate of drug-likeness (QED) is 0.650. The maximum atomic E-state index is 12.3. The molecule has 4 heteroatoms. The monoisotopic (exact) mass is 259 g/mol. The van der Waals surface area contributed by atoms with Gasteiger partial charge in [-0.05, 0) is 18.6 Å².